The Labute approximate surface area is 105 Å². The lowest BCUT2D eigenvalue weighted by Crippen LogP contribution is -1.92. The Morgan fingerprint density at radius 1 is 1.39 bits per heavy atom. The van der Waals surface area contributed by atoms with Gasteiger partial charge in [0, 0.05) is 6.07 Å². The average Bonchev–Trinajstić information content (AvgIpc) is 2.85. The van der Waals surface area contributed by atoms with Crippen LogP contribution in [0.15, 0.2) is 34.9 Å². The Hall–Kier alpha value is -2.17. The molecular formula is C13H14N2O3. The zero-order valence-corrected chi connectivity index (χ0v) is 10.1. The quantitative estimate of drug-likeness (QED) is 0.597. The van der Waals surface area contributed by atoms with Crippen LogP contribution in [-0.4, -0.2) is 9.91 Å². The Kier molecular flexibility index (Phi) is 3.72. The highest BCUT2D eigenvalue weighted by molar-refractivity contribution is 5.66. The predicted molar refractivity (Wildman–Crippen MR) is 67.2 cm³/mol. The number of nitro benzene ring substituents is 1. The molecule has 0 bridgehead atoms. The van der Waals surface area contributed by atoms with Gasteiger partial charge in [-0.1, -0.05) is 25.5 Å². The maximum absolute atomic E-state index is 10.9. The van der Waals surface area contributed by atoms with Crippen molar-refractivity contribution in [2.45, 2.75) is 26.2 Å². The summed E-state index contributed by atoms with van der Waals surface area (Å²) in [7, 11) is 0. The van der Waals surface area contributed by atoms with Crippen molar-refractivity contribution in [2.24, 2.45) is 0 Å². The zero-order valence-electron chi connectivity index (χ0n) is 10.1. The molecule has 18 heavy (non-hydrogen) atoms. The van der Waals surface area contributed by atoms with Crippen molar-refractivity contribution in [1.82, 2.24) is 4.98 Å². The highest BCUT2D eigenvalue weighted by Crippen LogP contribution is 2.28. The predicted octanol–water partition coefficient (Wildman–Crippen LogP) is 3.59. The molecule has 0 amide bonds. The van der Waals surface area contributed by atoms with Gasteiger partial charge >= 0.3 is 0 Å². The third-order valence-electron chi connectivity index (χ3n) is 2.67. The third kappa shape index (κ3) is 2.56. The lowest BCUT2D eigenvalue weighted by Gasteiger charge is -1.97. The maximum atomic E-state index is 10.9. The summed E-state index contributed by atoms with van der Waals surface area (Å²) in [4.78, 5) is 14.8. The highest BCUT2D eigenvalue weighted by atomic mass is 16.6. The van der Waals surface area contributed by atoms with Gasteiger partial charge < -0.3 is 4.42 Å². The number of rotatable bonds is 5. The molecule has 5 nitrogen and oxygen atoms in total. The minimum absolute atomic E-state index is 0.0152. The second-order valence-corrected chi connectivity index (χ2v) is 4.02. The molecule has 2 aromatic rings. The minimum atomic E-state index is -0.425. The first-order chi connectivity index (χ1) is 8.72. The van der Waals surface area contributed by atoms with Gasteiger partial charge in [0.2, 0.25) is 5.89 Å². The van der Waals surface area contributed by atoms with Crippen LogP contribution in [0.25, 0.3) is 11.5 Å². The summed E-state index contributed by atoms with van der Waals surface area (Å²) in [6.07, 6.45) is 4.51. The second kappa shape index (κ2) is 5.44. The van der Waals surface area contributed by atoms with E-state index in [-0.39, 0.29) is 5.69 Å². The molecule has 0 spiro atoms. The second-order valence-electron chi connectivity index (χ2n) is 4.02. The van der Waals surface area contributed by atoms with Crippen molar-refractivity contribution in [3.8, 4) is 11.5 Å². The number of hydrogen-bond acceptors (Lipinski definition) is 4. The number of nitro groups is 1. The highest BCUT2D eigenvalue weighted by Gasteiger charge is 2.18. The maximum Gasteiger partial charge on any atom is 0.282 e. The molecule has 0 atom stereocenters. The summed E-state index contributed by atoms with van der Waals surface area (Å²) < 4.78 is 5.32. The molecule has 2 rings (SSSR count). The summed E-state index contributed by atoms with van der Waals surface area (Å²) in [6.45, 7) is 2.10. The van der Waals surface area contributed by atoms with Gasteiger partial charge in [-0.05, 0) is 18.9 Å². The molecule has 0 aliphatic heterocycles. The lowest BCUT2D eigenvalue weighted by molar-refractivity contribution is -0.384. The summed E-state index contributed by atoms with van der Waals surface area (Å²) >= 11 is 0. The van der Waals surface area contributed by atoms with E-state index in [9.17, 15) is 10.1 Å². The van der Waals surface area contributed by atoms with Crippen LogP contribution in [0, 0.1) is 10.1 Å². The van der Waals surface area contributed by atoms with Crippen molar-refractivity contribution < 1.29 is 9.34 Å². The van der Waals surface area contributed by atoms with E-state index in [1.807, 2.05) is 0 Å². The Bertz CT molecular complexity index is 549. The topological polar surface area (TPSA) is 69.2 Å². The monoisotopic (exact) mass is 246 g/mol. The fourth-order valence-corrected chi connectivity index (χ4v) is 1.72. The minimum Gasteiger partial charge on any atom is -0.444 e. The van der Waals surface area contributed by atoms with Crippen LogP contribution in [0.1, 0.15) is 25.5 Å². The van der Waals surface area contributed by atoms with Crippen molar-refractivity contribution >= 4 is 5.69 Å². The summed E-state index contributed by atoms with van der Waals surface area (Å²) in [5, 5.41) is 10.9. The van der Waals surface area contributed by atoms with Crippen LogP contribution in [-0.2, 0) is 6.42 Å². The molecule has 0 fully saturated rings. The molecule has 0 N–H and O–H groups in total. The number of hydrogen-bond donors (Lipinski definition) is 0. The molecule has 0 unspecified atom stereocenters. The van der Waals surface area contributed by atoms with E-state index < -0.39 is 4.92 Å². The molecule has 0 radical (unpaired) electrons. The molecule has 1 heterocycles. The van der Waals surface area contributed by atoms with E-state index in [0.717, 1.165) is 25.0 Å². The number of aryl methyl sites for hydroxylation is 1. The first-order valence-corrected chi connectivity index (χ1v) is 5.90. The molecule has 1 aromatic heterocycles. The van der Waals surface area contributed by atoms with Crippen LogP contribution < -0.4 is 0 Å². The number of para-hydroxylation sites is 1. The fourth-order valence-electron chi connectivity index (χ4n) is 1.72. The van der Waals surface area contributed by atoms with E-state index in [1.165, 1.54) is 6.07 Å². The third-order valence-corrected chi connectivity index (χ3v) is 2.67. The van der Waals surface area contributed by atoms with E-state index in [4.69, 9.17) is 4.42 Å². The Morgan fingerprint density at radius 2 is 2.17 bits per heavy atom. The molecule has 5 heteroatoms. The lowest BCUT2D eigenvalue weighted by atomic mass is 10.2. The van der Waals surface area contributed by atoms with Crippen LogP contribution in [0.4, 0.5) is 5.69 Å². The van der Waals surface area contributed by atoms with Crippen molar-refractivity contribution in [3.63, 3.8) is 0 Å². The SMILES string of the molecule is CCCCc1coc(-c2ccccc2[N+](=O)[O-])n1. The summed E-state index contributed by atoms with van der Waals surface area (Å²) in [5.41, 5.74) is 1.27. The number of benzene rings is 1. The summed E-state index contributed by atoms with van der Waals surface area (Å²) in [5.74, 6) is 0.313. The van der Waals surface area contributed by atoms with Crippen LogP contribution in [0.3, 0.4) is 0 Å². The molecular weight excluding hydrogens is 232 g/mol. The number of nitrogens with zero attached hydrogens (tertiary/aromatic N) is 2. The molecule has 0 aliphatic rings. The van der Waals surface area contributed by atoms with E-state index in [2.05, 4.69) is 11.9 Å². The molecule has 0 aliphatic carbocycles. The smallest absolute Gasteiger partial charge is 0.282 e. The van der Waals surface area contributed by atoms with E-state index in [1.54, 1.807) is 24.5 Å². The molecule has 0 saturated carbocycles. The van der Waals surface area contributed by atoms with E-state index in [0.29, 0.717) is 11.5 Å². The molecule has 0 saturated heterocycles. The number of oxazole rings is 1. The van der Waals surface area contributed by atoms with Gasteiger partial charge in [0.1, 0.15) is 11.8 Å². The van der Waals surface area contributed by atoms with Crippen LogP contribution in [0.2, 0.25) is 0 Å². The van der Waals surface area contributed by atoms with Crippen molar-refractivity contribution in [2.75, 3.05) is 0 Å². The van der Waals surface area contributed by atoms with Gasteiger partial charge in [0.25, 0.3) is 5.69 Å². The molecule has 1 aromatic carbocycles. The van der Waals surface area contributed by atoms with Gasteiger partial charge in [-0.25, -0.2) is 4.98 Å². The van der Waals surface area contributed by atoms with Gasteiger partial charge in [-0.15, -0.1) is 0 Å². The van der Waals surface area contributed by atoms with Crippen LogP contribution >= 0.6 is 0 Å². The van der Waals surface area contributed by atoms with Crippen LogP contribution in [0.5, 0.6) is 0 Å². The van der Waals surface area contributed by atoms with Gasteiger partial charge in [0.15, 0.2) is 0 Å². The van der Waals surface area contributed by atoms with Crippen molar-refractivity contribution in [1.29, 1.82) is 0 Å². The first kappa shape index (κ1) is 12.3. The Morgan fingerprint density at radius 3 is 2.89 bits per heavy atom. The zero-order chi connectivity index (χ0) is 13.0. The standard InChI is InChI=1S/C13H14N2O3/c1-2-3-6-10-9-18-13(14-10)11-7-4-5-8-12(11)15(16)17/h4-5,7-9H,2-3,6H2,1H3. The van der Waals surface area contributed by atoms with Gasteiger partial charge in [0.05, 0.1) is 10.6 Å². The van der Waals surface area contributed by atoms with Gasteiger partial charge in [-0.3, -0.25) is 10.1 Å². The normalized spacial score (nSPS) is 10.5. The largest absolute Gasteiger partial charge is 0.444 e. The average molecular weight is 246 g/mol. The first-order valence-electron chi connectivity index (χ1n) is 5.90. The fraction of sp³-hybridized carbons (Fsp3) is 0.308. The number of unbranched alkanes of at least 4 members (excludes halogenated alkanes) is 1. The number of aromatic nitrogens is 1. The summed E-state index contributed by atoms with van der Waals surface area (Å²) in [6, 6.07) is 6.46. The Balaban J connectivity index is 2.31. The van der Waals surface area contributed by atoms with Gasteiger partial charge in [-0.2, -0.15) is 0 Å². The van der Waals surface area contributed by atoms with E-state index >= 15 is 0 Å². The van der Waals surface area contributed by atoms with Crippen molar-refractivity contribution in [3.05, 3.63) is 46.3 Å². The molecule has 94 valence electrons.